The van der Waals surface area contributed by atoms with Crippen LogP contribution in [0.4, 0.5) is 0 Å². The highest BCUT2D eigenvalue weighted by atomic mass is 32.2. The van der Waals surface area contributed by atoms with Gasteiger partial charge in [-0.05, 0) is 0 Å². The Bertz CT molecular complexity index is 442. The van der Waals surface area contributed by atoms with Crippen molar-refractivity contribution in [2.45, 2.75) is 44.5 Å². The third-order valence-corrected chi connectivity index (χ3v) is 4.66. The third kappa shape index (κ3) is 3.88. The second-order valence-electron chi connectivity index (χ2n) is 5.05. The van der Waals surface area contributed by atoms with Crippen molar-refractivity contribution in [2.75, 3.05) is 18.8 Å². The van der Waals surface area contributed by atoms with Crippen molar-refractivity contribution >= 4 is 29.7 Å². The molecule has 2 aliphatic rings. The molecule has 0 unspecified atom stereocenters. The summed E-state index contributed by atoms with van der Waals surface area (Å²) in [4.78, 5) is 36.1. The van der Waals surface area contributed by atoms with Crippen LogP contribution in [0.25, 0.3) is 0 Å². The molecule has 0 radical (unpaired) electrons. The molecular formula is C13H19NO6S. The van der Waals surface area contributed by atoms with Crippen molar-refractivity contribution < 1.29 is 28.6 Å². The van der Waals surface area contributed by atoms with Gasteiger partial charge < -0.3 is 14.2 Å². The van der Waals surface area contributed by atoms with Crippen molar-refractivity contribution in [2.24, 2.45) is 0 Å². The summed E-state index contributed by atoms with van der Waals surface area (Å²) >= 11 is 1.65. The van der Waals surface area contributed by atoms with Crippen LogP contribution in [0, 0.1) is 0 Å². The van der Waals surface area contributed by atoms with Gasteiger partial charge in [-0.1, -0.05) is 0 Å². The molecule has 7 nitrogen and oxygen atoms in total. The Morgan fingerprint density at radius 2 is 1.52 bits per heavy atom. The van der Waals surface area contributed by atoms with Crippen LogP contribution in [-0.4, -0.2) is 65.3 Å². The molecule has 4 atom stereocenters. The standard InChI is InChI=1S/C13H19NO6S/c1-7(15)18-10-6-14-4-5-21-13(14)12(20-9(3)17)11(10)19-8(2)16/h10-13H,4-6H2,1-3H3/t10-,11-,12+,13+/m1/s1. The minimum Gasteiger partial charge on any atom is -0.457 e. The summed E-state index contributed by atoms with van der Waals surface area (Å²) in [5, 5.41) is -0.0786. The Labute approximate surface area is 127 Å². The molecule has 0 saturated carbocycles. The summed E-state index contributed by atoms with van der Waals surface area (Å²) < 4.78 is 15.9. The van der Waals surface area contributed by atoms with E-state index >= 15 is 0 Å². The van der Waals surface area contributed by atoms with Crippen LogP contribution >= 0.6 is 11.8 Å². The number of carbonyl (C=O) groups excluding carboxylic acids is 3. The Morgan fingerprint density at radius 3 is 2.10 bits per heavy atom. The van der Waals surface area contributed by atoms with Crippen molar-refractivity contribution in [1.82, 2.24) is 4.90 Å². The zero-order valence-corrected chi connectivity index (χ0v) is 13.1. The second kappa shape index (κ2) is 6.65. The summed E-state index contributed by atoms with van der Waals surface area (Å²) in [6.07, 6.45) is -2.05. The first kappa shape index (κ1) is 16.1. The Morgan fingerprint density at radius 1 is 0.952 bits per heavy atom. The molecule has 0 amide bonds. The highest BCUT2D eigenvalue weighted by Crippen LogP contribution is 2.36. The SMILES string of the molecule is CC(=O)O[C@H]1[C@H](OC(C)=O)[C@@H]2SCCN2C[C@H]1OC(C)=O. The van der Waals surface area contributed by atoms with Crippen LogP contribution in [0.15, 0.2) is 0 Å². The van der Waals surface area contributed by atoms with E-state index in [0.29, 0.717) is 6.54 Å². The lowest BCUT2D eigenvalue weighted by molar-refractivity contribution is -0.196. The van der Waals surface area contributed by atoms with Gasteiger partial charge in [0.05, 0.1) is 5.37 Å². The van der Waals surface area contributed by atoms with Crippen LogP contribution in [0.2, 0.25) is 0 Å². The largest absolute Gasteiger partial charge is 0.457 e. The van der Waals surface area contributed by atoms with Crippen molar-refractivity contribution in [3.63, 3.8) is 0 Å². The van der Waals surface area contributed by atoms with Gasteiger partial charge in [0, 0.05) is 39.6 Å². The third-order valence-electron chi connectivity index (χ3n) is 3.33. The molecule has 0 aromatic carbocycles. The van der Waals surface area contributed by atoms with Gasteiger partial charge in [-0.15, -0.1) is 11.8 Å². The van der Waals surface area contributed by atoms with E-state index < -0.39 is 36.2 Å². The van der Waals surface area contributed by atoms with Gasteiger partial charge in [0.15, 0.2) is 18.3 Å². The lowest BCUT2D eigenvalue weighted by Gasteiger charge is -2.43. The number of thioether (sulfide) groups is 1. The van der Waals surface area contributed by atoms with Crippen LogP contribution in [0.3, 0.4) is 0 Å². The van der Waals surface area contributed by atoms with Crippen LogP contribution in [0.1, 0.15) is 20.8 Å². The molecule has 0 aliphatic carbocycles. The predicted molar refractivity (Wildman–Crippen MR) is 74.5 cm³/mol. The van der Waals surface area contributed by atoms with Crippen molar-refractivity contribution in [1.29, 1.82) is 0 Å². The lowest BCUT2D eigenvalue weighted by atomic mass is 10.0. The summed E-state index contributed by atoms with van der Waals surface area (Å²) in [5.41, 5.74) is 0. The van der Waals surface area contributed by atoms with E-state index in [-0.39, 0.29) is 5.37 Å². The Kier molecular flexibility index (Phi) is 5.10. The molecule has 0 aromatic rings. The summed E-state index contributed by atoms with van der Waals surface area (Å²) in [5.74, 6) is -0.509. The van der Waals surface area contributed by atoms with E-state index in [4.69, 9.17) is 14.2 Å². The molecule has 8 heteroatoms. The normalized spacial score (nSPS) is 32.1. The minimum atomic E-state index is -0.776. The van der Waals surface area contributed by atoms with Gasteiger partial charge in [0.25, 0.3) is 0 Å². The molecule has 2 aliphatic heterocycles. The van der Waals surface area contributed by atoms with Crippen molar-refractivity contribution in [3.05, 3.63) is 0 Å². The number of piperidine rings is 1. The average Bonchev–Trinajstić information content (AvgIpc) is 2.79. The fraction of sp³-hybridized carbons (Fsp3) is 0.769. The maximum absolute atomic E-state index is 11.4. The first-order valence-corrected chi connectivity index (χ1v) is 7.80. The molecule has 118 valence electrons. The number of rotatable bonds is 3. The van der Waals surface area contributed by atoms with Crippen LogP contribution in [0.5, 0.6) is 0 Å². The molecule has 2 fully saturated rings. The van der Waals surface area contributed by atoms with Gasteiger partial charge in [0.2, 0.25) is 0 Å². The topological polar surface area (TPSA) is 82.1 Å². The molecule has 0 N–H and O–H groups in total. The number of hydrogen-bond donors (Lipinski definition) is 0. The van der Waals surface area contributed by atoms with E-state index in [0.717, 1.165) is 12.3 Å². The lowest BCUT2D eigenvalue weighted by Crippen LogP contribution is -2.61. The van der Waals surface area contributed by atoms with Crippen molar-refractivity contribution in [3.8, 4) is 0 Å². The minimum absolute atomic E-state index is 0.0786. The van der Waals surface area contributed by atoms with E-state index in [1.54, 1.807) is 11.8 Å². The maximum atomic E-state index is 11.4. The zero-order chi connectivity index (χ0) is 15.6. The first-order chi connectivity index (χ1) is 9.88. The number of carbonyl (C=O) groups is 3. The number of esters is 3. The molecular weight excluding hydrogens is 298 g/mol. The predicted octanol–water partition coefficient (Wildman–Crippen LogP) is 0.170. The number of ether oxygens (including phenoxy) is 3. The molecule has 0 aromatic heterocycles. The van der Waals surface area contributed by atoms with Crippen LogP contribution < -0.4 is 0 Å². The summed E-state index contributed by atoms with van der Waals surface area (Å²) in [6.45, 7) is 5.18. The van der Waals surface area contributed by atoms with Gasteiger partial charge in [-0.25, -0.2) is 0 Å². The highest BCUT2D eigenvalue weighted by Gasteiger charge is 2.51. The monoisotopic (exact) mass is 317 g/mol. The van der Waals surface area contributed by atoms with E-state index in [1.807, 2.05) is 0 Å². The average molecular weight is 317 g/mol. The highest BCUT2D eigenvalue weighted by molar-refractivity contribution is 8.00. The number of nitrogens with zero attached hydrogens (tertiary/aromatic N) is 1. The fourth-order valence-corrected chi connectivity index (χ4v) is 4.08. The van der Waals surface area contributed by atoms with Gasteiger partial charge in [0.1, 0.15) is 0 Å². The van der Waals surface area contributed by atoms with Crippen LogP contribution in [-0.2, 0) is 28.6 Å². The first-order valence-electron chi connectivity index (χ1n) is 6.76. The molecule has 0 bridgehead atoms. The van der Waals surface area contributed by atoms with Gasteiger partial charge >= 0.3 is 17.9 Å². The molecule has 0 spiro atoms. The van der Waals surface area contributed by atoms with Gasteiger partial charge in [-0.3, -0.25) is 19.3 Å². The maximum Gasteiger partial charge on any atom is 0.303 e. The fourth-order valence-electron chi connectivity index (χ4n) is 2.70. The van der Waals surface area contributed by atoms with E-state index in [9.17, 15) is 14.4 Å². The smallest absolute Gasteiger partial charge is 0.303 e. The second-order valence-corrected chi connectivity index (χ2v) is 6.28. The number of hydrogen-bond acceptors (Lipinski definition) is 8. The molecule has 21 heavy (non-hydrogen) atoms. The zero-order valence-electron chi connectivity index (χ0n) is 12.2. The van der Waals surface area contributed by atoms with E-state index in [2.05, 4.69) is 4.90 Å². The summed E-state index contributed by atoms with van der Waals surface area (Å²) in [6, 6.07) is 0. The Balaban J connectivity index is 2.25. The Hall–Kier alpha value is -1.28. The van der Waals surface area contributed by atoms with E-state index in [1.165, 1.54) is 20.8 Å². The quantitative estimate of drug-likeness (QED) is 0.538. The molecule has 2 saturated heterocycles. The molecule has 2 heterocycles. The number of fused-ring (bicyclic) bond motifs is 1. The molecule has 2 rings (SSSR count). The van der Waals surface area contributed by atoms with Gasteiger partial charge in [-0.2, -0.15) is 0 Å². The summed E-state index contributed by atoms with van der Waals surface area (Å²) in [7, 11) is 0.